The van der Waals surface area contributed by atoms with Crippen molar-refractivity contribution in [2.45, 2.75) is 31.0 Å². The minimum absolute atomic E-state index is 0.345. The summed E-state index contributed by atoms with van der Waals surface area (Å²) in [6.07, 6.45) is 0.367. The molecule has 1 atom stereocenters. The molecule has 0 amide bonds. The second-order valence-corrected chi connectivity index (χ2v) is 3.48. The molecule has 0 aromatic heterocycles. The average Bonchev–Trinajstić information content (AvgIpc) is 1.27. The summed E-state index contributed by atoms with van der Waals surface area (Å²) in [6, 6.07) is 0. The van der Waals surface area contributed by atoms with Crippen LogP contribution in [0.1, 0.15) is 20.8 Å². The minimum Gasteiger partial charge on any atom is -0.366 e. The molecule has 0 fully saturated rings. The van der Waals surface area contributed by atoms with E-state index in [0.29, 0.717) is 10.2 Å². The molecular formula is C5H11IO. The van der Waals surface area contributed by atoms with E-state index < -0.39 is 0 Å². The van der Waals surface area contributed by atoms with E-state index in [1.165, 1.54) is 0 Å². The van der Waals surface area contributed by atoms with Crippen molar-refractivity contribution in [2.24, 2.45) is 0 Å². The number of halogens is 1. The smallest absolute Gasteiger partial charge is 0.106 e. The molecule has 0 bridgehead atoms. The highest BCUT2D eigenvalue weighted by Gasteiger charge is 1.95. The molecule has 7 heavy (non-hydrogen) atoms. The van der Waals surface area contributed by atoms with Gasteiger partial charge in [-0.3, -0.25) is 0 Å². The molecule has 0 rings (SSSR count). The van der Waals surface area contributed by atoms with E-state index in [1.54, 1.807) is 0 Å². The first-order valence-corrected chi connectivity index (χ1v) is 3.67. The lowest BCUT2D eigenvalue weighted by atomic mass is 10.5. The molecule has 0 N–H and O–H groups in total. The van der Waals surface area contributed by atoms with Crippen molar-refractivity contribution < 1.29 is 4.74 Å². The third-order valence-corrected chi connectivity index (χ3v) is 0.753. The largest absolute Gasteiger partial charge is 0.366 e. The van der Waals surface area contributed by atoms with Crippen molar-refractivity contribution in [3.8, 4) is 0 Å². The third-order valence-electron chi connectivity index (χ3n) is 0.460. The number of hydrogen-bond donors (Lipinski definition) is 0. The molecule has 0 radical (unpaired) electrons. The molecular weight excluding hydrogens is 203 g/mol. The summed E-state index contributed by atoms with van der Waals surface area (Å²) >= 11 is 2.24. The second kappa shape index (κ2) is 3.66. The average molecular weight is 214 g/mol. The molecule has 2 heteroatoms. The van der Waals surface area contributed by atoms with Gasteiger partial charge in [0.15, 0.2) is 0 Å². The zero-order valence-electron chi connectivity index (χ0n) is 4.94. The molecule has 0 aliphatic carbocycles. The predicted octanol–water partition coefficient (Wildman–Crippen LogP) is 2.19. The van der Waals surface area contributed by atoms with Crippen LogP contribution in [0.5, 0.6) is 0 Å². The van der Waals surface area contributed by atoms with Crippen LogP contribution in [-0.2, 0) is 4.74 Å². The van der Waals surface area contributed by atoms with E-state index >= 15 is 0 Å². The minimum atomic E-state index is 0.345. The Balaban J connectivity index is 2.95. The van der Waals surface area contributed by atoms with Crippen LogP contribution in [0.15, 0.2) is 0 Å². The Bertz CT molecular complexity index is 37.3. The first kappa shape index (κ1) is 7.69. The van der Waals surface area contributed by atoms with Crippen LogP contribution in [0.2, 0.25) is 0 Å². The zero-order valence-corrected chi connectivity index (χ0v) is 7.10. The standard InChI is InChI=1S/C5H11IO/c1-4(2)7-5(3)6/h4-5H,1-3H3. The maximum atomic E-state index is 5.24. The maximum Gasteiger partial charge on any atom is 0.106 e. The highest BCUT2D eigenvalue weighted by molar-refractivity contribution is 14.1. The fraction of sp³-hybridized carbons (Fsp3) is 1.00. The van der Waals surface area contributed by atoms with Gasteiger partial charge < -0.3 is 4.74 Å². The van der Waals surface area contributed by atoms with Crippen molar-refractivity contribution in [3.63, 3.8) is 0 Å². The van der Waals surface area contributed by atoms with Crippen molar-refractivity contribution in [1.82, 2.24) is 0 Å². The normalized spacial score (nSPS) is 15.0. The maximum absolute atomic E-state index is 5.24. The number of rotatable bonds is 2. The lowest BCUT2D eigenvalue weighted by molar-refractivity contribution is 0.0783. The molecule has 44 valence electrons. The highest BCUT2D eigenvalue weighted by atomic mass is 127. The Morgan fingerprint density at radius 2 is 1.71 bits per heavy atom. The Morgan fingerprint density at radius 3 is 1.71 bits per heavy atom. The zero-order chi connectivity index (χ0) is 5.86. The van der Waals surface area contributed by atoms with E-state index in [2.05, 4.69) is 22.6 Å². The van der Waals surface area contributed by atoms with Crippen LogP contribution in [0.25, 0.3) is 0 Å². The predicted molar refractivity (Wildman–Crippen MR) is 39.7 cm³/mol. The molecule has 1 nitrogen and oxygen atoms in total. The first-order valence-electron chi connectivity index (χ1n) is 2.42. The van der Waals surface area contributed by atoms with Gasteiger partial charge in [-0.25, -0.2) is 0 Å². The molecule has 0 saturated carbocycles. The van der Waals surface area contributed by atoms with Gasteiger partial charge in [0.05, 0.1) is 6.10 Å². The van der Waals surface area contributed by atoms with Crippen molar-refractivity contribution in [1.29, 1.82) is 0 Å². The van der Waals surface area contributed by atoms with Crippen LogP contribution in [0.4, 0.5) is 0 Å². The molecule has 0 aromatic carbocycles. The third kappa shape index (κ3) is 6.69. The van der Waals surface area contributed by atoms with E-state index in [-0.39, 0.29) is 0 Å². The van der Waals surface area contributed by atoms with Gasteiger partial charge in [0.1, 0.15) is 4.11 Å². The fourth-order valence-electron chi connectivity index (χ4n) is 0.375. The van der Waals surface area contributed by atoms with Crippen LogP contribution in [-0.4, -0.2) is 10.2 Å². The van der Waals surface area contributed by atoms with Gasteiger partial charge in [-0.05, 0) is 20.8 Å². The fourth-order valence-corrected chi connectivity index (χ4v) is 0.962. The lowest BCUT2D eigenvalue weighted by Crippen LogP contribution is -2.06. The van der Waals surface area contributed by atoms with Gasteiger partial charge in [0.25, 0.3) is 0 Å². The van der Waals surface area contributed by atoms with Gasteiger partial charge in [-0.2, -0.15) is 0 Å². The van der Waals surface area contributed by atoms with Gasteiger partial charge in [0.2, 0.25) is 0 Å². The summed E-state index contributed by atoms with van der Waals surface area (Å²) in [4.78, 5) is 0. The van der Waals surface area contributed by atoms with E-state index in [4.69, 9.17) is 4.74 Å². The van der Waals surface area contributed by atoms with Crippen molar-refractivity contribution in [3.05, 3.63) is 0 Å². The van der Waals surface area contributed by atoms with Gasteiger partial charge >= 0.3 is 0 Å². The number of hydrogen-bond acceptors (Lipinski definition) is 1. The Hall–Kier alpha value is 0.690. The molecule has 0 aliphatic heterocycles. The first-order chi connectivity index (χ1) is 3.13. The Morgan fingerprint density at radius 1 is 1.29 bits per heavy atom. The monoisotopic (exact) mass is 214 g/mol. The molecule has 0 heterocycles. The quantitative estimate of drug-likeness (QED) is 0.505. The van der Waals surface area contributed by atoms with Crippen LogP contribution < -0.4 is 0 Å². The van der Waals surface area contributed by atoms with Crippen LogP contribution in [0, 0.1) is 0 Å². The summed E-state index contributed by atoms with van der Waals surface area (Å²) in [5.74, 6) is 0. The molecule has 0 saturated heterocycles. The Kier molecular flexibility index (Phi) is 4.02. The second-order valence-electron chi connectivity index (χ2n) is 1.73. The summed E-state index contributed by atoms with van der Waals surface area (Å²) in [6.45, 7) is 6.10. The van der Waals surface area contributed by atoms with Gasteiger partial charge in [-0.1, -0.05) is 22.6 Å². The van der Waals surface area contributed by atoms with Crippen molar-refractivity contribution in [2.75, 3.05) is 0 Å². The summed E-state index contributed by atoms with van der Waals surface area (Å²) in [7, 11) is 0. The van der Waals surface area contributed by atoms with E-state index in [1.807, 2.05) is 20.8 Å². The summed E-state index contributed by atoms with van der Waals surface area (Å²) in [5, 5.41) is 0. The summed E-state index contributed by atoms with van der Waals surface area (Å²) in [5.41, 5.74) is 0. The lowest BCUT2D eigenvalue weighted by Gasteiger charge is -2.07. The SMILES string of the molecule is CC(C)OC(C)I. The van der Waals surface area contributed by atoms with Crippen molar-refractivity contribution >= 4 is 22.6 Å². The molecule has 0 aliphatic rings. The van der Waals surface area contributed by atoms with Crippen LogP contribution >= 0.6 is 22.6 Å². The molecule has 0 spiro atoms. The topological polar surface area (TPSA) is 9.23 Å². The molecule has 0 aromatic rings. The number of alkyl halides is 1. The number of ether oxygens (including phenoxy) is 1. The molecule has 1 unspecified atom stereocenters. The van der Waals surface area contributed by atoms with Gasteiger partial charge in [-0.15, -0.1) is 0 Å². The van der Waals surface area contributed by atoms with Gasteiger partial charge in [0, 0.05) is 0 Å². The van der Waals surface area contributed by atoms with Crippen LogP contribution in [0.3, 0.4) is 0 Å². The van der Waals surface area contributed by atoms with E-state index in [0.717, 1.165) is 0 Å². The summed E-state index contributed by atoms with van der Waals surface area (Å²) < 4.78 is 5.58. The van der Waals surface area contributed by atoms with E-state index in [9.17, 15) is 0 Å². The Labute approximate surface area is 58.6 Å². The highest BCUT2D eigenvalue weighted by Crippen LogP contribution is 2.02.